The molecule has 0 spiro atoms. The molecule has 4 atom stereocenters. The van der Waals surface area contributed by atoms with Gasteiger partial charge < -0.3 is 39.3 Å². The van der Waals surface area contributed by atoms with Crippen LogP contribution in [-0.4, -0.2) is 88.1 Å². The molecular formula is C40H55N7O7. The topological polar surface area (TPSA) is 172 Å². The number of aromatic amines is 1. The van der Waals surface area contributed by atoms with Crippen molar-refractivity contribution in [1.29, 1.82) is 0 Å². The normalized spacial score (nSPS) is 22.7. The van der Waals surface area contributed by atoms with Crippen molar-refractivity contribution in [3.63, 3.8) is 0 Å². The van der Waals surface area contributed by atoms with Gasteiger partial charge in [0.15, 0.2) is 0 Å². The molecule has 54 heavy (non-hydrogen) atoms. The molecule has 3 fully saturated rings. The number of carbonyl (C=O) groups is 4. The molecule has 6 rings (SSSR count). The monoisotopic (exact) mass is 745 g/mol. The molecule has 3 aromatic rings. The van der Waals surface area contributed by atoms with Gasteiger partial charge in [0.2, 0.25) is 17.7 Å². The molecular weight excluding hydrogens is 690 g/mol. The maximum Gasteiger partial charge on any atom is 0.407 e. The minimum Gasteiger partial charge on any atom is -0.453 e. The summed E-state index contributed by atoms with van der Waals surface area (Å²) in [5, 5.41) is 5.40. The number of carbonyl (C=O) groups excluding carboxylic acids is 4. The molecule has 2 aliphatic heterocycles. The molecule has 3 N–H and O–H groups in total. The maximum absolute atomic E-state index is 13.5. The number of ether oxygens (including phenoxy) is 2. The van der Waals surface area contributed by atoms with Crippen LogP contribution >= 0.6 is 0 Å². The second-order valence-corrected chi connectivity index (χ2v) is 15.5. The van der Waals surface area contributed by atoms with E-state index in [4.69, 9.17) is 18.9 Å². The van der Waals surface area contributed by atoms with E-state index < -0.39 is 24.3 Å². The summed E-state index contributed by atoms with van der Waals surface area (Å²) < 4.78 is 15.9. The molecule has 2 saturated heterocycles. The van der Waals surface area contributed by atoms with Crippen molar-refractivity contribution < 1.29 is 33.1 Å². The van der Waals surface area contributed by atoms with E-state index in [0.29, 0.717) is 24.9 Å². The van der Waals surface area contributed by atoms with Crippen molar-refractivity contribution >= 4 is 24.0 Å². The number of likely N-dealkylation sites (tertiary alicyclic amines) is 2. The number of H-pyrrole nitrogens is 1. The fourth-order valence-corrected chi connectivity index (χ4v) is 8.30. The Morgan fingerprint density at radius 3 is 1.83 bits per heavy atom. The highest BCUT2D eigenvalue weighted by Gasteiger charge is 2.40. The highest BCUT2D eigenvalue weighted by atomic mass is 16.5. The number of methoxy groups -OCH3 is 2. The van der Waals surface area contributed by atoms with Gasteiger partial charge in [-0.1, -0.05) is 52.0 Å². The summed E-state index contributed by atoms with van der Waals surface area (Å²) in [5.74, 6) is 2.44. The van der Waals surface area contributed by atoms with Crippen molar-refractivity contribution in [2.45, 2.75) is 115 Å². The van der Waals surface area contributed by atoms with Gasteiger partial charge in [0, 0.05) is 19.0 Å². The first-order chi connectivity index (χ1) is 26.0. The highest BCUT2D eigenvalue weighted by molar-refractivity contribution is 5.87. The Balaban J connectivity index is 1.04. The van der Waals surface area contributed by atoms with Gasteiger partial charge in [-0.15, -0.1) is 0 Å². The number of benzene rings is 1. The average Bonchev–Trinajstić information content (AvgIpc) is 4.02. The molecule has 0 radical (unpaired) electrons. The summed E-state index contributed by atoms with van der Waals surface area (Å²) in [6.45, 7) is 8.82. The van der Waals surface area contributed by atoms with Gasteiger partial charge in [0.1, 0.15) is 29.7 Å². The summed E-state index contributed by atoms with van der Waals surface area (Å²) >= 11 is 0. The Morgan fingerprint density at radius 2 is 1.28 bits per heavy atom. The van der Waals surface area contributed by atoms with Crippen LogP contribution in [-0.2, 0) is 19.1 Å². The number of aromatic nitrogens is 3. The Hall–Kier alpha value is -4.88. The molecule has 14 heteroatoms. The van der Waals surface area contributed by atoms with Gasteiger partial charge in [0.05, 0.1) is 38.3 Å². The van der Waals surface area contributed by atoms with Crippen LogP contribution < -0.4 is 10.6 Å². The van der Waals surface area contributed by atoms with Crippen molar-refractivity contribution in [3.8, 4) is 11.3 Å². The number of rotatable bonds is 11. The standard InChI is InChI=1S/C40H55N7O7/c1-23(2)33(44-39(50)52-5)37(48)46-19-7-9-30(46)35-41-21-29(43-35)27-15-11-25(12-16-27)26-13-17-28(18-14-26)32-22-42-36(54-32)31-10-8-20-47(31)38(49)34(24(3)4)45-40(51)53-6/h11-12,15-16,21-24,26,28,30-31,33-34H,7-10,13-14,17-20H2,1-6H3,(H,41,43)(H,44,50)(H,45,51)/t26?,28?,30-,31?,33+,34-/m0/s1. The third-order valence-electron chi connectivity index (χ3n) is 11.4. The molecule has 4 heterocycles. The minimum atomic E-state index is -0.684. The molecule has 3 aliphatic rings. The number of alkyl carbamates (subject to hydrolysis) is 2. The molecule has 1 aliphatic carbocycles. The van der Waals surface area contributed by atoms with E-state index in [1.807, 2.05) is 45.0 Å². The highest BCUT2D eigenvalue weighted by Crippen LogP contribution is 2.42. The fourth-order valence-electron chi connectivity index (χ4n) is 8.30. The zero-order valence-corrected chi connectivity index (χ0v) is 32.3. The minimum absolute atomic E-state index is 0.0944. The molecule has 292 valence electrons. The van der Waals surface area contributed by atoms with E-state index in [1.54, 1.807) is 4.90 Å². The summed E-state index contributed by atoms with van der Waals surface area (Å²) in [6.07, 6.45) is 9.74. The van der Waals surface area contributed by atoms with Crippen molar-refractivity contribution in [2.24, 2.45) is 11.8 Å². The van der Waals surface area contributed by atoms with Crippen LogP contribution in [0.2, 0.25) is 0 Å². The SMILES string of the molecule is COC(=O)N[C@H](C(=O)N1CCCC1c1ncc(C2CCC(c3ccc(-c4cnc([C@@H]5CCCN5C(=O)[C@H](NC(=O)OC)C(C)C)[nH]4)cc3)CC2)o1)C(C)C. The molecule has 1 aromatic carbocycles. The number of hydrogen-bond donors (Lipinski definition) is 3. The van der Waals surface area contributed by atoms with Crippen LogP contribution in [0.1, 0.15) is 126 Å². The lowest BCUT2D eigenvalue weighted by Gasteiger charge is -2.30. The number of hydrogen-bond acceptors (Lipinski definition) is 9. The molecule has 14 nitrogen and oxygen atoms in total. The summed E-state index contributed by atoms with van der Waals surface area (Å²) in [5.41, 5.74) is 3.24. The van der Waals surface area contributed by atoms with Crippen LogP contribution in [0.3, 0.4) is 0 Å². The number of amides is 4. The fraction of sp³-hybridized carbons (Fsp3) is 0.600. The smallest absolute Gasteiger partial charge is 0.407 e. The Labute approximate surface area is 317 Å². The van der Waals surface area contributed by atoms with E-state index in [2.05, 4.69) is 44.9 Å². The summed E-state index contributed by atoms with van der Waals surface area (Å²) in [6, 6.07) is 6.88. The molecule has 1 saturated carbocycles. The largest absolute Gasteiger partial charge is 0.453 e. The number of nitrogens with zero attached hydrogens (tertiary/aromatic N) is 4. The lowest BCUT2D eigenvalue weighted by molar-refractivity contribution is -0.136. The molecule has 2 aromatic heterocycles. The predicted octanol–water partition coefficient (Wildman–Crippen LogP) is 6.59. The number of oxazole rings is 1. The van der Waals surface area contributed by atoms with Crippen LogP contribution in [0, 0.1) is 11.8 Å². The van der Waals surface area contributed by atoms with Crippen molar-refractivity contribution in [3.05, 3.63) is 59.7 Å². The zero-order chi connectivity index (χ0) is 38.5. The lowest BCUT2D eigenvalue weighted by atomic mass is 9.78. The van der Waals surface area contributed by atoms with Gasteiger partial charge in [-0.2, -0.15) is 0 Å². The van der Waals surface area contributed by atoms with Gasteiger partial charge in [-0.3, -0.25) is 9.59 Å². The van der Waals surface area contributed by atoms with E-state index in [-0.39, 0.29) is 41.7 Å². The van der Waals surface area contributed by atoms with Gasteiger partial charge in [-0.05, 0) is 80.2 Å². The lowest BCUT2D eigenvalue weighted by Crippen LogP contribution is -2.51. The quantitative estimate of drug-likeness (QED) is 0.196. The predicted molar refractivity (Wildman–Crippen MR) is 200 cm³/mol. The first-order valence-corrected chi connectivity index (χ1v) is 19.4. The summed E-state index contributed by atoms with van der Waals surface area (Å²) in [7, 11) is 2.59. The second kappa shape index (κ2) is 17.1. The molecule has 1 unspecified atom stereocenters. The van der Waals surface area contributed by atoms with Crippen molar-refractivity contribution in [2.75, 3.05) is 27.3 Å². The third kappa shape index (κ3) is 8.42. The van der Waals surface area contributed by atoms with Crippen LogP contribution in [0.15, 0.2) is 41.1 Å². The van der Waals surface area contributed by atoms with E-state index >= 15 is 0 Å². The van der Waals surface area contributed by atoms with Gasteiger partial charge in [-0.25, -0.2) is 19.6 Å². The van der Waals surface area contributed by atoms with E-state index in [0.717, 1.165) is 74.2 Å². The Bertz CT molecular complexity index is 1760. The Kier molecular flexibility index (Phi) is 12.3. The maximum atomic E-state index is 13.5. The average molecular weight is 746 g/mol. The van der Waals surface area contributed by atoms with E-state index in [1.165, 1.54) is 19.8 Å². The zero-order valence-electron chi connectivity index (χ0n) is 32.3. The van der Waals surface area contributed by atoms with Gasteiger partial charge >= 0.3 is 12.2 Å². The summed E-state index contributed by atoms with van der Waals surface area (Å²) in [4.78, 5) is 67.3. The first-order valence-electron chi connectivity index (χ1n) is 19.4. The van der Waals surface area contributed by atoms with Crippen molar-refractivity contribution in [1.82, 2.24) is 35.4 Å². The third-order valence-corrected chi connectivity index (χ3v) is 11.4. The second-order valence-electron chi connectivity index (χ2n) is 15.5. The van der Waals surface area contributed by atoms with Crippen LogP contribution in [0.4, 0.5) is 9.59 Å². The molecule has 4 amide bonds. The first kappa shape index (κ1) is 38.8. The van der Waals surface area contributed by atoms with Gasteiger partial charge in [0.25, 0.3) is 0 Å². The van der Waals surface area contributed by atoms with Crippen LogP contribution in [0.5, 0.6) is 0 Å². The number of nitrogens with one attached hydrogen (secondary N) is 3. The number of imidazole rings is 1. The molecule has 0 bridgehead atoms. The Morgan fingerprint density at radius 1 is 0.741 bits per heavy atom. The van der Waals surface area contributed by atoms with E-state index in [9.17, 15) is 19.2 Å². The van der Waals surface area contributed by atoms with Crippen LogP contribution in [0.25, 0.3) is 11.3 Å².